The molecular formula is C19H12F2O. The van der Waals surface area contributed by atoms with Crippen LogP contribution in [-0.2, 0) is 0 Å². The smallest absolute Gasteiger partial charge is 0.198 e. The van der Waals surface area contributed by atoms with Crippen LogP contribution in [0.2, 0.25) is 0 Å². The Bertz CT molecular complexity index is 788. The van der Waals surface area contributed by atoms with Gasteiger partial charge in [0, 0.05) is 5.56 Å². The van der Waals surface area contributed by atoms with Crippen molar-refractivity contribution in [3.8, 4) is 11.1 Å². The zero-order valence-corrected chi connectivity index (χ0v) is 11.6. The predicted molar refractivity (Wildman–Crippen MR) is 81.7 cm³/mol. The average Bonchev–Trinajstić information content (AvgIpc) is 2.55. The lowest BCUT2D eigenvalue weighted by molar-refractivity contribution is 0.103. The maximum Gasteiger partial charge on any atom is 0.198 e. The molecule has 0 radical (unpaired) electrons. The van der Waals surface area contributed by atoms with Gasteiger partial charge in [-0.1, -0.05) is 60.7 Å². The van der Waals surface area contributed by atoms with E-state index in [1.807, 2.05) is 30.3 Å². The molecule has 3 aromatic rings. The molecule has 0 fully saturated rings. The van der Waals surface area contributed by atoms with Crippen molar-refractivity contribution in [1.82, 2.24) is 0 Å². The summed E-state index contributed by atoms with van der Waals surface area (Å²) in [7, 11) is 0. The maximum atomic E-state index is 13.7. The van der Waals surface area contributed by atoms with Crippen LogP contribution in [-0.4, -0.2) is 5.78 Å². The number of benzene rings is 3. The van der Waals surface area contributed by atoms with Crippen molar-refractivity contribution in [3.63, 3.8) is 0 Å². The fourth-order valence-electron chi connectivity index (χ4n) is 2.30. The van der Waals surface area contributed by atoms with Crippen molar-refractivity contribution in [2.75, 3.05) is 0 Å². The second-order valence-electron chi connectivity index (χ2n) is 4.87. The molecule has 3 rings (SSSR count). The second-order valence-corrected chi connectivity index (χ2v) is 4.87. The van der Waals surface area contributed by atoms with Crippen LogP contribution in [0.4, 0.5) is 8.78 Å². The Balaban J connectivity index is 1.95. The lowest BCUT2D eigenvalue weighted by Gasteiger charge is -2.06. The maximum absolute atomic E-state index is 13.7. The highest BCUT2D eigenvalue weighted by molar-refractivity contribution is 6.09. The molecule has 22 heavy (non-hydrogen) atoms. The predicted octanol–water partition coefficient (Wildman–Crippen LogP) is 4.86. The Labute approximate surface area is 126 Å². The molecule has 0 aromatic heterocycles. The summed E-state index contributed by atoms with van der Waals surface area (Å²) in [4.78, 5) is 12.3. The zero-order chi connectivity index (χ0) is 15.5. The van der Waals surface area contributed by atoms with Crippen molar-refractivity contribution in [3.05, 3.63) is 95.6 Å². The SMILES string of the molecule is O=C(c1ccc(-c2ccccc2)cc1)c1c(F)cccc1F. The van der Waals surface area contributed by atoms with Crippen LogP contribution in [0, 0.1) is 11.6 Å². The highest BCUT2D eigenvalue weighted by Gasteiger charge is 2.18. The number of rotatable bonds is 3. The third-order valence-corrected chi connectivity index (χ3v) is 3.44. The minimum absolute atomic E-state index is 0.253. The molecule has 0 spiro atoms. The van der Waals surface area contributed by atoms with E-state index < -0.39 is 23.0 Å². The number of hydrogen-bond donors (Lipinski definition) is 0. The van der Waals surface area contributed by atoms with Crippen LogP contribution in [0.3, 0.4) is 0 Å². The molecule has 0 amide bonds. The van der Waals surface area contributed by atoms with E-state index in [1.165, 1.54) is 6.07 Å². The van der Waals surface area contributed by atoms with E-state index in [1.54, 1.807) is 24.3 Å². The van der Waals surface area contributed by atoms with Crippen molar-refractivity contribution in [1.29, 1.82) is 0 Å². The van der Waals surface area contributed by atoms with Gasteiger partial charge in [0.15, 0.2) is 5.78 Å². The van der Waals surface area contributed by atoms with Gasteiger partial charge >= 0.3 is 0 Å². The molecule has 108 valence electrons. The summed E-state index contributed by atoms with van der Waals surface area (Å²) < 4.78 is 27.3. The highest BCUT2D eigenvalue weighted by Crippen LogP contribution is 2.22. The summed E-state index contributed by atoms with van der Waals surface area (Å²) in [5, 5.41) is 0. The van der Waals surface area contributed by atoms with E-state index >= 15 is 0 Å². The number of carbonyl (C=O) groups excluding carboxylic acids is 1. The van der Waals surface area contributed by atoms with Gasteiger partial charge in [-0.2, -0.15) is 0 Å². The van der Waals surface area contributed by atoms with Gasteiger partial charge in [0.25, 0.3) is 0 Å². The number of carbonyl (C=O) groups is 1. The molecule has 0 unspecified atom stereocenters. The summed E-state index contributed by atoms with van der Waals surface area (Å²) in [6, 6.07) is 19.7. The van der Waals surface area contributed by atoms with Gasteiger partial charge in [0.1, 0.15) is 11.6 Å². The van der Waals surface area contributed by atoms with Crippen LogP contribution >= 0.6 is 0 Å². The third-order valence-electron chi connectivity index (χ3n) is 3.44. The number of hydrogen-bond acceptors (Lipinski definition) is 1. The Morgan fingerprint density at radius 1 is 0.636 bits per heavy atom. The first-order valence-corrected chi connectivity index (χ1v) is 6.81. The summed E-state index contributed by atoms with van der Waals surface area (Å²) in [6.45, 7) is 0. The molecule has 0 saturated carbocycles. The van der Waals surface area contributed by atoms with Gasteiger partial charge in [0.2, 0.25) is 0 Å². The monoisotopic (exact) mass is 294 g/mol. The number of ketones is 1. The van der Waals surface area contributed by atoms with Gasteiger partial charge in [0.05, 0.1) is 5.56 Å². The highest BCUT2D eigenvalue weighted by atomic mass is 19.1. The molecule has 0 heterocycles. The van der Waals surface area contributed by atoms with E-state index in [0.717, 1.165) is 23.3 Å². The van der Waals surface area contributed by atoms with Crippen LogP contribution in [0.15, 0.2) is 72.8 Å². The summed E-state index contributed by atoms with van der Waals surface area (Å²) in [6.07, 6.45) is 0. The molecule has 0 aliphatic carbocycles. The Hall–Kier alpha value is -2.81. The first-order chi connectivity index (χ1) is 10.7. The summed E-state index contributed by atoms with van der Waals surface area (Å²) >= 11 is 0. The fourth-order valence-corrected chi connectivity index (χ4v) is 2.30. The third kappa shape index (κ3) is 2.66. The molecule has 0 atom stereocenters. The van der Waals surface area contributed by atoms with Crippen molar-refractivity contribution in [2.45, 2.75) is 0 Å². The quantitative estimate of drug-likeness (QED) is 0.630. The molecule has 1 nitrogen and oxygen atoms in total. The van der Waals surface area contributed by atoms with E-state index in [0.29, 0.717) is 0 Å². The van der Waals surface area contributed by atoms with E-state index in [-0.39, 0.29) is 5.56 Å². The largest absolute Gasteiger partial charge is 0.288 e. The minimum atomic E-state index is -0.850. The van der Waals surface area contributed by atoms with Gasteiger partial charge < -0.3 is 0 Å². The molecule has 3 aromatic carbocycles. The van der Waals surface area contributed by atoms with Crippen LogP contribution < -0.4 is 0 Å². The minimum Gasteiger partial charge on any atom is -0.288 e. The Morgan fingerprint density at radius 3 is 1.77 bits per heavy atom. The molecule has 0 N–H and O–H groups in total. The lowest BCUT2D eigenvalue weighted by atomic mass is 9.99. The number of halogens is 2. The lowest BCUT2D eigenvalue weighted by Crippen LogP contribution is -2.07. The molecule has 0 aliphatic heterocycles. The van der Waals surface area contributed by atoms with Crippen molar-refractivity contribution in [2.24, 2.45) is 0 Å². The van der Waals surface area contributed by atoms with Crippen LogP contribution in [0.1, 0.15) is 15.9 Å². The van der Waals surface area contributed by atoms with Gasteiger partial charge in [-0.3, -0.25) is 4.79 Å². The summed E-state index contributed by atoms with van der Waals surface area (Å²) in [5.74, 6) is -2.36. The first kappa shape index (κ1) is 14.1. The molecular weight excluding hydrogens is 282 g/mol. The molecule has 0 aliphatic rings. The summed E-state index contributed by atoms with van der Waals surface area (Å²) in [5.41, 5.74) is 1.68. The second kappa shape index (κ2) is 5.90. The Kier molecular flexibility index (Phi) is 3.79. The normalized spacial score (nSPS) is 10.5. The van der Waals surface area contributed by atoms with Crippen molar-refractivity contribution >= 4 is 5.78 Å². The average molecular weight is 294 g/mol. The van der Waals surface area contributed by atoms with Crippen molar-refractivity contribution < 1.29 is 13.6 Å². The molecule has 0 saturated heterocycles. The topological polar surface area (TPSA) is 17.1 Å². The Morgan fingerprint density at radius 2 is 1.18 bits per heavy atom. The van der Waals surface area contributed by atoms with Crippen LogP contribution in [0.5, 0.6) is 0 Å². The van der Waals surface area contributed by atoms with Gasteiger partial charge in [-0.05, 0) is 23.3 Å². The van der Waals surface area contributed by atoms with Crippen LogP contribution in [0.25, 0.3) is 11.1 Å². The van der Waals surface area contributed by atoms with E-state index in [9.17, 15) is 13.6 Å². The first-order valence-electron chi connectivity index (χ1n) is 6.81. The van der Waals surface area contributed by atoms with Gasteiger partial charge in [-0.15, -0.1) is 0 Å². The zero-order valence-electron chi connectivity index (χ0n) is 11.6. The van der Waals surface area contributed by atoms with E-state index in [4.69, 9.17) is 0 Å². The fraction of sp³-hybridized carbons (Fsp3) is 0. The molecule has 0 bridgehead atoms. The van der Waals surface area contributed by atoms with Gasteiger partial charge in [-0.25, -0.2) is 8.78 Å². The van der Waals surface area contributed by atoms with E-state index in [2.05, 4.69) is 0 Å². The standard InChI is InChI=1S/C19H12F2O/c20-16-7-4-8-17(21)18(16)19(22)15-11-9-14(10-12-15)13-5-2-1-3-6-13/h1-12H. The molecule has 3 heteroatoms.